The van der Waals surface area contributed by atoms with Gasteiger partial charge in [0.1, 0.15) is 11.3 Å². The fourth-order valence-electron chi connectivity index (χ4n) is 3.48. The summed E-state index contributed by atoms with van der Waals surface area (Å²) in [6, 6.07) is 12.2. The highest BCUT2D eigenvalue weighted by Crippen LogP contribution is 2.69. The van der Waals surface area contributed by atoms with Crippen LogP contribution in [0, 0.1) is 22.7 Å². The molecule has 2 fully saturated rings. The second kappa shape index (κ2) is 4.45. The molecule has 0 spiro atoms. The summed E-state index contributed by atoms with van der Waals surface area (Å²) in [5, 5.41) is 9.72. The summed E-state index contributed by atoms with van der Waals surface area (Å²) in [6.07, 6.45) is 0. The van der Waals surface area contributed by atoms with Crippen LogP contribution in [-0.2, 0) is 4.79 Å². The van der Waals surface area contributed by atoms with Crippen LogP contribution >= 0.6 is 0 Å². The fraction of sp³-hybridized carbons (Fsp3) is 0.438. The van der Waals surface area contributed by atoms with Crippen LogP contribution in [0.4, 0.5) is 0 Å². The van der Waals surface area contributed by atoms with Crippen molar-refractivity contribution < 1.29 is 4.79 Å². The number of rotatable bonds is 3. The Morgan fingerprint density at radius 2 is 2.00 bits per heavy atom. The van der Waals surface area contributed by atoms with Crippen LogP contribution < -0.4 is 0 Å². The maximum Gasteiger partial charge on any atom is 0.233 e. The van der Waals surface area contributed by atoms with Gasteiger partial charge in [-0.05, 0) is 19.4 Å². The largest absolute Gasteiger partial charge is 0.299 e. The Kier molecular flexibility index (Phi) is 2.86. The summed E-state index contributed by atoms with van der Waals surface area (Å²) in [5.41, 5.74) is 0.330. The molecule has 20 heavy (non-hydrogen) atoms. The summed E-state index contributed by atoms with van der Waals surface area (Å²) >= 11 is 0. The molecule has 0 unspecified atom stereocenters. The van der Waals surface area contributed by atoms with Crippen molar-refractivity contribution in [2.24, 2.45) is 16.3 Å². The number of carbonyl (C=O) groups excluding carboxylic acids is 1. The molecule has 2 aliphatic rings. The summed E-state index contributed by atoms with van der Waals surface area (Å²) in [6.45, 7) is 5.04. The first kappa shape index (κ1) is 12.9. The molecule has 0 bridgehead atoms. The normalized spacial score (nSPS) is 33.1. The van der Waals surface area contributed by atoms with E-state index in [1.54, 1.807) is 4.90 Å². The minimum absolute atomic E-state index is 0.0331. The first-order valence-corrected chi connectivity index (χ1v) is 7.04. The van der Waals surface area contributed by atoms with Crippen LogP contribution in [0.2, 0.25) is 0 Å². The van der Waals surface area contributed by atoms with Crippen molar-refractivity contribution in [2.45, 2.75) is 19.8 Å². The SMILES string of the molecule is CCN=C1N(CC)C(=O)[C@@H]2[C@@H](c3ccccc3)[C@]12C#N. The lowest BCUT2D eigenvalue weighted by atomic mass is 9.99. The molecule has 1 saturated carbocycles. The Morgan fingerprint density at radius 3 is 2.55 bits per heavy atom. The van der Waals surface area contributed by atoms with Gasteiger partial charge in [0.2, 0.25) is 5.91 Å². The Hall–Kier alpha value is -2.15. The molecule has 1 aliphatic heterocycles. The number of hydrogen-bond donors (Lipinski definition) is 0. The number of benzene rings is 1. The molecule has 0 N–H and O–H groups in total. The highest BCUT2D eigenvalue weighted by molar-refractivity contribution is 6.17. The summed E-state index contributed by atoms with van der Waals surface area (Å²) in [7, 11) is 0. The number of hydrogen-bond acceptors (Lipinski definition) is 3. The number of nitrogens with zero attached hydrogens (tertiary/aromatic N) is 3. The molecule has 1 aliphatic carbocycles. The van der Waals surface area contributed by atoms with Gasteiger partial charge in [-0.3, -0.25) is 14.7 Å². The van der Waals surface area contributed by atoms with E-state index in [9.17, 15) is 10.1 Å². The Bertz CT molecular complexity index is 616. The van der Waals surface area contributed by atoms with E-state index in [4.69, 9.17) is 0 Å². The molecule has 4 nitrogen and oxygen atoms in total. The molecule has 1 aromatic rings. The number of fused-ring (bicyclic) bond motifs is 1. The van der Waals surface area contributed by atoms with Crippen LogP contribution in [0.5, 0.6) is 0 Å². The molecule has 0 aromatic heterocycles. The van der Waals surface area contributed by atoms with E-state index in [-0.39, 0.29) is 17.7 Å². The highest BCUT2D eigenvalue weighted by atomic mass is 16.2. The number of likely N-dealkylation sites (tertiary alicyclic amines) is 1. The van der Waals surface area contributed by atoms with E-state index in [0.717, 1.165) is 5.56 Å². The number of aliphatic imine (C=N–C) groups is 1. The zero-order chi connectivity index (χ0) is 14.3. The van der Waals surface area contributed by atoms with E-state index >= 15 is 0 Å². The van der Waals surface area contributed by atoms with Gasteiger partial charge in [-0.15, -0.1) is 0 Å². The summed E-state index contributed by atoms with van der Waals surface area (Å²) in [4.78, 5) is 18.6. The average molecular weight is 267 g/mol. The number of amides is 1. The maximum atomic E-state index is 12.5. The summed E-state index contributed by atoms with van der Waals surface area (Å²) in [5.74, 6) is 0.443. The van der Waals surface area contributed by atoms with Crippen LogP contribution in [0.25, 0.3) is 0 Å². The molecule has 1 aromatic carbocycles. The molecule has 1 amide bonds. The predicted octanol–water partition coefficient (Wildman–Crippen LogP) is 2.19. The zero-order valence-corrected chi connectivity index (χ0v) is 11.7. The van der Waals surface area contributed by atoms with E-state index in [0.29, 0.717) is 18.9 Å². The quantitative estimate of drug-likeness (QED) is 0.843. The average Bonchev–Trinajstić information content (AvgIpc) is 3.11. The number of carbonyl (C=O) groups is 1. The second-order valence-electron chi connectivity index (χ2n) is 5.23. The van der Waals surface area contributed by atoms with Crippen molar-refractivity contribution in [3.05, 3.63) is 35.9 Å². The number of piperidine rings is 1. The monoisotopic (exact) mass is 267 g/mol. The molecular formula is C16H17N3O. The standard InChI is InChI=1S/C16H17N3O/c1-3-18-15-16(10-17)12(11-8-6-5-7-9-11)13(16)14(20)19(15)4-2/h5-9,12-13H,3-4H2,1-2H3/t12-,13+,16+/m1/s1. The van der Waals surface area contributed by atoms with Crippen molar-refractivity contribution in [2.75, 3.05) is 13.1 Å². The van der Waals surface area contributed by atoms with Gasteiger partial charge in [0.15, 0.2) is 0 Å². The van der Waals surface area contributed by atoms with E-state index in [1.165, 1.54) is 0 Å². The Labute approximate surface area is 118 Å². The smallest absolute Gasteiger partial charge is 0.233 e. The van der Waals surface area contributed by atoms with Gasteiger partial charge < -0.3 is 0 Å². The molecule has 102 valence electrons. The molecular weight excluding hydrogens is 250 g/mol. The molecule has 4 heteroatoms. The highest BCUT2D eigenvalue weighted by Gasteiger charge is 2.78. The van der Waals surface area contributed by atoms with Crippen LogP contribution in [0.1, 0.15) is 25.3 Å². The molecule has 0 radical (unpaired) electrons. The zero-order valence-electron chi connectivity index (χ0n) is 11.7. The topological polar surface area (TPSA) is 56.5 Å². The van der Waals surface area contributed by atoms with Crippen LogP contribution in [0.3, 0.4) is 0 Å². The third-order valence-electron chi connectivity index (χ3n) is 4.33. The van der Waals surface area contributed by atoms with Gasteiger partial charge in [0.25, 0.3) is 0 Å². The Morgan fingerprint density at radius 1 is 1.30 bits per heavy atom. The van der Waals surface area contributed by atoms with Gasteiger partial charge in [0, 0.05) is 19.0 Å². The van der Waals surface area contributed by atoms with Gasteiger partial charge in [-0.25, -0.2) is 0 Å². The maximum absolute atomic E-state index is 12.5. The van der Waals surface area contributed by atoms with Gasteiger partial charge >= 0.3 is 0 Å². The lowest BCUT2D eigenvalue weighted by Crippen LogP contribution is -2.36. The predicted molar refractivity (Wildman–Crippen MR) is 76.1 cm³/mol. The lowest BCUT2D eigenvalue weighted by Gasteiger charge is -2.22. The van der Waals surface area contributed by atoms with Gasteiger partial charge in [-0.2, -0.15) is 5.26 Å². The lowest BCUT2D eigenvalue weighted by molar-refractivity contribution is -0.127. The first-order valence-electron chi connectivity index (χ1n) is 7.04. The fourth-order valence-corrected chi connectivity index (χ4v) is 3.48. The van der Waals surface area contributed by atoms with Gasteiger partial charge in [-0.1, -0.05) is 30.3 Å². The molecule has 3 rings (SSSR count). The van der Waals surface area contributed by atoms with Crippen LogP contribution in [0.15, 0.2) is 35.3 Å². The van der Waals surface area contributed by atoms with Crippen LogP contribution in [-0.4, -0.2) is 29.7 Å². The number of nitriles is 1. The Balaban J connectivity index is 2.08. The van der Waals surface area contributed by atoms with E-state index < -0.39 is 5.41 Å². The van der Waals surface area contributed by atoms with Crippen molar-refractivity contribution in [1.29, 1.82) is 5.26 Å². The van der Waals surface area contributed by atoms with E-state index in [2.05, 4.69) is 11.1 Å². The third-order valence-corrected chi connectivity index (χ3v) is 4.33. The van der Waals surface area contributed by atoms with Crippen molar-refractivity contribution in [1.82, 2.24) is 4.90 Å². The van der Waals surface area contributed by atoms with Crippen molar-refractivity contribution in [3.8, 4) is 6.07 Å². The van der Waals surface area contributed by atoms with E-state index in [1.807, 2.05) is 44.2 Å². The minimum Gasteiger partial charge on any atom is -0.299 e. The van der Waals surface area contributed by atoms with Crippen molar-refractivity contribution >= 4 is 11.7 Å². The minimum atomic E-state index is -0.732. The molecule has 1 saturated heterocycles. The van der Waals surface area contributed by atoms with Crippen molar-refractivity contribution in [3.63, 3.8) is 0 Å². The first-order chi connectivity index (χ1) is 9.72. The van der Waals surface area contributed by atoms with Gasteiger partial charge in [0.05, 0.1) is 12.0 Å². The second-order valence-corrected chi connectivity index (χ2v) is 5.23. The summed E-state index contributed by atoms with van der Waals surface area (Å²) < 4.78 is 0. The molecule has 3 atom stereocenters. The third kappa shape index (κ3) is 1.41. The number of amidine groups is 1. The molecule has 1 heterocycles.